The fourth-order valence-electron chi connectivity index (χ4n) is 4.74. The summed E-state index contributed by atoms with van der Waals surface area (Å²) in [6.45, 7) is 7.40. The lowest BCUT2D eigenvalue weighted by molar-refractivity contribution is 0.0534. The molecule has 0 amide bonds. The lowest BCUT2D eigenvalue weighted by atomic mass is 9.89. The van der Waals surface area contributed by atoms with E-state index in [9.17, 15) is 4.79 Å². The van der Waals surface area contributed by atoms with Crippen LogP contribution >= 0.6 is 23.1 Å². The second kappa shape index (κ2) is 9.85. The van der Waals surface area contributed by atoms with Crippen molar-refractivity contribution in [3.8, 4) is 0 Å². The number of hydrogen-bond donors (Lipinski definition) is 1. The minimum atomic E-state index is -0.112. The van der Waals surface area contributed by atoms with Gasteiger partial charge in [0.05, 0.1) is 11.5 Å². The summed E-state index contributed by atoms with van der Waals surface area (Å²) in [6.07, 6.45) is 4.89. The molecule has 1 saturated heterocycles. The van der Waals surface area contributed by atoms with E-state index in [2.05, 4.69) is 48.0 Å². The standard InChI is InChI=1S/C26H32N4O2S2/c1-5-12-30-25(31)22-20-11-6-16(2)13-21(20)34-24(22)28-26(30)33-15-19-14-27-23(32-19)17-7-9-18(10-8-17)29(3)4/h5,7-10,16,19,23,27H,1,6,11-15H2,2-4H3. The third-order valence-corrected chi connectivity index (χ3v) is 8.92. The molecule has 3 heterocycles. The van der Waals surface area contributed by atoms with E-state index in [-0.39, 0.29) is 17.9 Å². The molecule has 2 aliphatic rings. The maximum Gasteiger partial charge on any atom is 0.263 e. The summed E-state index contributed by atoms with van der Waals surface area (Å²) >= 11 is 3.31. The molecule has 3 atom stereocenters. The first kappa shape index (κ1) is 23.6. The summed E-state index contributed by atoms with van der Waals surface area (Å²) in [7, 11) is 4.08. The number of aromatic nitrogens is 2. The van der Waals surface area contributed by atoms with Gasteiger partial charge in [0.15, 0.2) is 5.16 Å². The molecule has 1 N–H and O–H groups in total. The van der Waals surface area contributed by atoms with Gasteiger partial charge in [0, 0.05) is 43.5 Å². The number of anilines is 1. The molecule has 1 aliphatic carbocycles. The topological polar surface area (TPSA) is 59.4 Å². The van der Waals surface area contributed by atoms with E-state index < -0.39 is 0 Å². The molecule has 1 fully saturated rings. The largest absolute Gasteiger partial charge is 0.378 e. The number of rotatable bonds is 7. The van der Waals surface area contributed by atoms with Gasteiger partial charge in [-0.2, -0.15) is 0 Å². The van der Waals surface area contributed by atoms with Gasteiger partial charge in [-0.15, -0.1) is 17.9 Å². The van der Waals surface area contributed by atoms with Crippen molar-refractivity contribution in [2.45, 2.75) is 50.2 Å². The van der Waals surface area contributed by atoms with Gasteiger partial charge >= 0.3 is 0 Å². The van der Waals surface area contributed by atoms with Gasteiger partial charge in [-0.3, -0.25) is 14.7 Å². The van der Waals surface area contributed by atoms with Crippen molar-refractivity contribution in [2.75, 3.05) is 31.3 Å². The van der Waals surface area contributed by atoms with E-state index in [4.69, 9.17) is 9.72 Å². The Kier molecular flexibility index (Phi) is 6.84. The lowest BCUT2D eigenvalue weighted by Gasteiger charge is -2.18. The zero-order chi connectivity index (χ0) is 23.8. The van der Waals surface area contributed by atoms with E-state index in [1.54, 1.807) is 33.7 Å². The van der Waals surface area contributed by atoms with E-state index in [0.29, 0.717) is 12.5 Å². The van der Waals surface area contributed by atoms with Gasteiger partial charge < -0.3 is 9.64 Å². The predicted octanol–water partition coefficient (Wildman–Crippen LogP) is 4.61. The van der Waals surface area contributed by atoms with Crippen LogP contribution in [0.5, 0.6) is 0 Å². The fraction of sp³-hybridized carbons (Fsp3) is 0.462. The number of nitrogens with zero attached hydrogens (tertiary/aromatic N) is 3. The number of fused-ring (bicyclic) bond motifs is 3. The number of ether oxygens (including phenoxy) is 1. The molecule has 8 heteroatoms. The monoisotopic (exact) mass is 496 g/mol. The summed E-state index contributed by atoms with van der Waals surface area (Å²) < 4.78 is 8.07. The zero-order valence-electron chi connectivity index (χ0n) is 20.0. The van der Waals surface area contributed by atoms with E-state index >= 15 is 0 Å². The average Bonchev–Trinajstić information content (AvgIpc) is 3.44. The molecular weight excluding hydrogens is 464 g/mol. The highest BCUT2D eigenvalue weighted by molar-refractivity contribution is 7.99. The molecule has 0 bridgehead atoms. The molecule has 1 aliphatic heterocycles. The fourth-order valence-corrected chi connectivity index (χ4v) is 7.17. The van der Waals surface area contributed by atoms with Crippen LogP contribution in [0.4, 0.5) is 5.69 Å². The van der Waals surface area contributed by atoms with Gasteiger partial charge in [-0.1, -0.05) is 36.9 Å². The Labute approximate surface area is 209 Å². The highest BCUT2D eigenvalue weighted by Crippen LogP contribution is 2.37. The molecule has 3 unspecified atom stereocenters. The van der Waals surface area contributed by atoms with Crippen LogP contribution in [-0.4, -0.2) is 42.0 Å². The first-order chi connectivity index (χ1) is 16.4. The minimum Gasteiger partial charge on any atom is -0.378 e. The molecule has 1 aromatic carbocycles. The van der Waals surface area contributed by atoms with E-state index in [1.165, 1.54) is 16.1 Å². The van der Waals surface area contributed by atoms with Crippen LogP contribution in [0.15, 0.2) is 46.9 Å². The third-order valence-electron chi connectivity index (χ3n) is 6.66. The number of hydrogen-bond acceptors (Lipinski definition) is 7. The molecule has 2 aromatic heterocycles. The predicted molar refractivity (Wildman–Crippen MR) is 142 cm³/mol. The molecule has 3 aromatic rings. The van der Waals surface area contributed by atoms with Gasteiger partial charge in [0.2, 0.25) is 0 Å². The quantitative estimate of drug-likeness (QED) is 0.293. The Morgan fingerprint density at radius 1 is 1.35 bits per heavy atom. The molecular formula is C26H32N4O2S2. The van der Waals surface area contributed by atoms with E-state index in [1.807, 2.05) is 14.1 Å². The van der Waals surface area contributed by atoms with Crippen molar-refractivity contribution in [1.82, 2.24) is 14.9 Å². The smallest absolute Gasteiger partial charge is 0.263 e. The van der Waals surface area contributed by atoms with Crippen LogP contribution in [0.2, 0.25) is 0 Å². The average molecular weight is 497 g/mol. The number of allylic oxidation sites excluding steroid dienone is 1. The summed E-state index contributed by atoms with van der Waals surface area (Å²) in [5, 5.41) is 5.06. The second-order valence-corrected chi connectivity index (χ2v) is 11.5. The zero-order valence-corrected chi connectivity index (χ0v) is 21.7. The van der Waals surface area contributed by atoms with Crippen LogP contribution in [0.1, 0.15) is 35.6 Å². The lowest BCUT2D eigenvalue weighted by Crippen LogP contribution is -2.24. The third kappa shape index (κ3) is 4.56. The van der Waals surface area contributed by atoms with E-state index in [0.717, 1.165) is 52.5 Å². The normalized spacial score (nSPS) is 22.1. The maximum absolute atomic E-state index is 13.5. The first-order valence-corrected chi connectivity index (χ1v) is 13.7. The number of thiophene rings is 1. The summed E-state index contributed by atoms with van der Waals surface area (Å²) in [6, 6.07) is 8.44. The summed E-state index contributed by atoms with van der Waals surface area (Å²) in [5.41, 5.74) is 3.60. The second-order valence-electron chi connectivity index (χ2n) is 9.47. The SMILES string of the molecule is C=CCn1c(SCC2CNC(c3ccc(N(C)C)cc3)O2)nc2sc3c(c2c1=O)CCC(C)C3. The summed E-state index contributed by atoms with van der Waals surface area (Å²) in [5.74, 6) is 1.40. The molecule has 5 rings (SSSR count). The number of benzene rings is 1. The van der Waals surface area contributed by atoms with Gasteiger partial charge in [-0.25, -0.2) is 4.98 Å². The van der Waals surface area contributed by atoms with Crippen molar-refractivity contribution in [1.29, 1.82) is 0 Å². The van der Waals surface area contributed by atoms with Crippen LogP contribution < -0.4 is 15.8 Å². The molecule has 0 saturated carbocycles. The molecule has 0 radical (unpaired) electrons. The van der Waals surface area contributed by atoms with Crippen LogP contribution in [0, 0.1) is 5.92 Å². The Bertz CT molecular complexity index is 1250. The Morgan fingerprint density at radius 3 is 2.88 bits per heavy atom. The van der Waals surface area contributed by atoms with Crippen molar-refractivity contribution in [2.24, 2.45) is 5.92 Å². The van der Waals surface area contributed by atoms with Gasteiger partial charge in [0.1, 0.15) is 11.1 Å². The van der Waals surface area contributed by atoms with Crippen LogP contribution in [0.3, 0.4) is 0 Å². The highest BCUT2D eigenvalue weighted by atomic mass is 32.2. The first-order valence-electron chi connectivity index (χ1n) is 11.9. The van der Waals surface area contributed by atoms with Crippen LogP contribution in [-0.2, 0) is 24.1 Å². The Hall–Kier alpha value is -2.13. The van der Waals surface area contributed by atoms with Gasteiger partial charge in [-0.05, 0) is 48.4 Å². The molecule has 180 valence electrons. The number of aryl methyl sites for hydroxylation is 1. The summed E-state index contributed by atoms with van der Waals surface area (Å²) in [4.78, 5) is 22.8. The van der Waals surface area contributed by atoms with Crippen molar-refractivity contribution >= 4 is 39.0 Å². The number of thioether (sulfide) groups is 1. The highest BCUT2D eigenvalue weighted by Gasteiger charge is 2.28. The van der Waals surface area contributed by atoms with Crippen LogP contribution in [0.25, 0.3) is 10.2 Å². The van der Waals surface area contributed by atoms with Crippen molar-refractivity contribution in [3.63, 3.8) is 0 Å². The Morgan fingerprint density at radius 2 is 2.15 bits per heavy atom. The Balaban J connectivity index is 1.33. The van der Waals surface area contributed by atoms with Crippen molar-refractivity contribution in [3.05, 3.63) is 63.3 Å². The molecule has 6 nitrogen and oxygen atoms in total. The molecule has 34 heavy (non-hydrogen) atoms. The maximum atomic E-state index is 13.5. The molecule has 0 spiro atoms. The number of nitrogens with one attached hydrogen (secondary N) is 1. The minimum absolute atomic E-state index is 0.0469. The van der Waals surface area contributed by atoms with Gasteiger partial charge in [0.25, 0.3) is 5.56 Å². The van der Waals surface area contributed by atoms with Crippen molar-refractivity contribution < 1.29 is 4.74 Å².